The molecule has 172 valence electrons. The summed E-state index contributed by atoms with van der Waals surface area (Å²) >= 11 is 0. The molecule has 2 unspecified atom stereocenters. The summed E-state index contributed by atoms with van der Waals surface area (Å²) in [6, 6.07) is 16.5. The van der Waals surface area contributed by atoms with Gasteiger partial charge in [0.25, 0.3) is 11.7 Å². The topological polar surface area (TPSA) is 87.1 Å². The standard InChI is InChI=1S/C28H25NO5/c1-15-4-5-16(2)22(12-15)29-25(18-6-9-21(30)10-7-18)24(27(32)28(29)33)26(31)19-8-11-23-20(14-19)13-17(3)34-23/h4-12,14,17,25,30-31H,13H2,1-3H3/b26-24-. The fourth-order valence-electron chi connectivity index (χ4n) is 4.76. The highest BCUT2D eigenvalue weighted by molar-refractivity contribution is 6.51. The second kappa shape index (κ2) is 8.06. The number of phenols is 1. The molecule has 3 aromatic rings. The number of hydrogen-bond acceptors (Lipinski definition) is 5. The van der Waals surface area contributed by atoms with E-state index in [1.807, 2.05) is 45.0 Å². The Kier molecular flexibility index (Phi) is 5.16. The SMILES string of the molecule is Cc1ccc(C)c(N2C(=O)C(=O)/C(=C(\O)c3ccc4c(c3)CC(C)O4)C2c2ccc(O)cc2)c1. The van der Waals surface area contributed by atoms with Gasteiger partial charge in [0.05, 0.1) is 11.6 Å². The van der Waals surface area contributed by atoms with Gasteiger partial charge in [-0.05, 0) is 79.4 Å². The first-order valence-electron chi connectivity index (χ1n) is 11.2. The highest BCUT2D eigenvalue weighted by Crippen LogP contribution is 2.44. The molecule has 2 aliphatic rings. The summed E-state index contributed by atoms with van der Waals surface area (Å²) in [6.45, 7) is 5.77. The Morgan fingerprint density at radius 3 is 2.47 bits per heavy atom. The van der Waals surface area contributed by atoms with Crippen molar-refractivity contribution in [1.82, 2.24) is 0 Å². The molecule has 0 spiro atoms. The average Bonchev–Trinajstić information content (AvgIpc) is 3.31. The van der Waals surface area contributed by atoms with Gasteiger partial charge in [0.1, 0.15) is 23.4 Å². The van der Waals surface area contributed by atoms with Crippen molar-refractivity contribution < 1.29 is 24.5 Å². The minimum absolute atomic E-state index is 0.0171. The third kappa shape index (κ3) is 3.52. The Morgan fingerprint density at radius 2 is 1.74 bits per heavy atom. The molecule has 2 aliphatic heterocycles. The molecule has 2 atom stereocenters. The first kappa shape index (κ1) is 21.8. The van der Waals surface area contributed by atoms with Gasteiger partial charge in [-0.25, -0.2) is 0 Å². The fraction of sp³-hybridized carbons (Fsp3) is 0.214. The second-order valence-corrected chi connectivity index (χ2v) is 9.01. The zero-order valence-corrected chi connectivity index (χ0v) is 19.2. The first-order valence-corrected chi connectivity index (χ1v) is 11.2. The lowest BCUT2D eigenvalue weighted by Gasteiger charge is -2.27. The average molecular weight is 456 g/mol. The maximum absolute atomic E-state index is 13.4. The summed E-state index contributed by atoms with van der Waals surface area (Å²) in [5.41, 5.74) is 4.41. The first-order chi connectivity index (χ1) is 16.2. The van der Waals surface area contributed by atoms with Gasteiger partial charge < -0.3 is 14.9 Å². The van der Waals surface area contributed by atoms with Gasteiger partial charge >= 0.3 is 0 Å². The fourth-order valence-corrected chi connectivity index (χ4v) is 4.76. The quantitative estimate of drug-likeness (QED) is 0.331. The zero-order valence-electron chi connectivity index (χ0n) is 19.2. The van der Waals surface area contributed by atoms with Crippen LogP contribution in [0.3, 0.4) is 0 Å². The van der Waals surface area contributed by atoms with Crippen LogP contribution < -0.4 is 9.64 Å². The number of aliphatic hydroxyl groups excluding tert-OH is 1. The van der Waals surface area contributed by atoms with Crippen molar-refractivity contribution in [2.75, 3.05) is 4.90 Å². The third-order valence-electron chi connectivity index (χ3n) is 6.45. The van der Waals surface area contributed by atoms with Crippen LogP contribution in [-0.4, -0.2) is 28.0 Å². The lowest BCUT2D eigenvalue weighted by Crippen LogP contribution is -2.30. The van der Waals surface area contributed by atoms with Gasteiger partial charge in [-0.3, -0.25) is 14.5 Å². The monoisotopic (exact) mass is 455 g/mol. The molecule has 6 heteroatoms. The number of amides is 1. The van der Waals surface area contributed by atoms with Crippen molar-refractivity contribution in [3.8, 4) is 11.5 Å². The Hall–Kier alpha value is -4.06. The van der Waals surface area contributed by atoms with E-state index in [4.69, 9.17) is 4.74 Å². The van der Waals surface area contributed by atoms with Crippen molar-refractivity contribution in [3.05, 3.63) is 94.1 Å². The largest absolute Gasteiger partial charge is 0.508 e. The van der Waals surface area contributed by atoms with Gasteiger partial charge in [0.15, 0.2) is 0 Å². The Bertz CT molecular complexity index is 1360. The smallest absolute Gasteiger partial charge is 0.300 e. The van der Waals surface area contributed by atoms with E-state index >= 15 is 0 Å². The zero-order chi connectivity index (χ0) is 24.1. The van der Waals surface area contributed by atoms with E-state index in [9.17, 15) is 19.8 Å². The third-order valence-corrected chi connectivity index (χ3v) is 6.45. The minimum Gasteiger partial charge on any atom is -0.508 e. The van der Waals surface area contributed by atoms with Gasteiger partial charge in [0, 0.05) is 17.7 Å². The van der Waals surface area contributed by atoms with Crippen LogP contribution in [0.15, 0.2) is 66.2 Å². The number of Topliss-reactive ketones (excluding diaryl/α,β-unsaturated/α-hetero) is 1. The predicted molar refractivity (Wildman–Crippen MR) is 129 cm³/mol. The number of carbonyl (C=O) groups is 2. The van der Waals surface area contributed by atoms with E-state index in [-0.39, 0.29) is 23.2 Å². The van der Waals surface area contributed by atoms with Gasteiger partial charge in [-0.15, -0.1) is 0 Å². The van der Waals surface area contributed by atoms with Crippen molar-refractivity contribution in [1.29, 1.82) is 0 Å². The maximum Gasteiger partial charge on any atom is 0.300 e. The van der Waals surface area contributed by atoms with Crippen LogP contribution in [0.2, 0.25) is 0 Å². The van der Waals surface area contributed by atoms with Crippen molar-refractivity contribution in [2.45, 2.75) is 39.3 Å². The molecule has 1 saturated heterocycles. The van der Waals surface area contributed by atoms with E-state index < -0.39 is 17.7 Å². The number of ether oxygens (including phenoxy) is 1. The maximum atomic E-state index is 13.4. The number of anilines is 1. The van der Waals surface area contributed by atoms with Crippen molar-refractivity contribution in [2.24, 2.45) is 0 Å². The Balaban J connectivity index is 1.71. The number of aliphatic hydroxyl groups is 1. The molecule has 1 fully saturated rings. The summed E-state index contributed by atoms with van der Waals surface area (Å²) in [4.78, 5) is 28.2. The van der Waals surface area contributed by atoms with Gasteiger partial charge in [-0.1, -0.05) is 24.3 Å². The molecule has 34 heavy (non-hydrogen) atoms. The van der Waals surface area contributed by atoms with E-state index in [2.05, 4.69) is 0 Å². The van der Waals surface area contributed by atoms with Gasteiger partial charge in [0.2, 0.25) is 0 Å². The molecule has 5 rings (SSSR count). The summed E-state index contributed by atoms with van der Waals surface area (Å²) in [5, 5.41) is 21.2. The number of phenolic OH excluding ortho intramolecular Hbond substituents is 1. The van der Waals surface area contributed by atoms with Crippen LogP contribution in [0.4, 0.5) is 5.69 Å². The molecule has 0 saturated carbocycles. The molecule has 3 aromatic carbocycles. The Morgan fingerprint density at radius 1 is 1.00 bits per heavy atom. The van der Waals surface area contributed by atoms with Crippen LogP contribution in [-0.2, 0) is 16.0 Å². The van der Waals surface area contributed by atoms with Crippen molar-refractivity contribution >= 4 is 23.1 Å². The number of benzene rings is 3. The molecule has 2 heterocycles. The summed E-state index contributed by atoms with van der Waals surface area (Å²) in [7, 11) is 0. The summed E-state index contributed by atoms with van der Waals surface area (Å²) in [6.07, 6.45) is 0.744. The van der Waals surface area contributed by atoms with E-state index in [0.717, 1.165) is 22.4 Å². The molecule has 0 bridgehead atoms. The number of aromatic hydroxyl groups is 1. The minimum atomic E-state index is -0.843. The number of aryl methyl sites for hydroxylation is 2. The normalized spacial score (nSPS) is 21.0. The number of rotatable bonds is 3. The van der Waals surface area contributed by atoms with Crippen LogP contribution in [0.25, 0.3) is 5.76 Å². The van der Waals surface area contributed by atoms with E-state index in [0.29, 0.717) is 23.2 Å². The van der Waals surface area contributed by atoms with E-state index in [1.165, 1.54) is 17.0 Å². The molecule has 1 amide bonds. The van der Waals surface area contributed by atoms with Crippen LogP contribution in [0, 0.1) is 13.8 Å². The van der Waals surface area contributed by atoms with Crippen molar-refractivity contribution in [3.63, 3.8) is 0 Å². The number of carbonyl (C=O) groups excluding carboxylic acids is 2. The predicted octanol–water partition coefficient (Wildman–Crippen LogP) is 4.96. The van der Waals surface area contributed by atoms with Crippen LogP contribution in [0.1, 0.15) is 40.8 Å². The number of ketones is 1. The number of nitrogens with zero attached hydrogens (tertiary/aromatic N) is 1. The second-order valence-electron chi connectivity index (χ2n) is 9.01. The van der Waals surface area contributed by atoms with Gasteiger partial charge in [-0.2, -0.15) is 0 Å². The molecule has 0 aromatic heterocycles. The number of hydrogen-bond donors (Lipinski definition) is 2. The molecular formula is C28H25NO5. The van der Waals surface area contributed by atoms with E-state index in [1.54, 1.807) is 24.3 Å². The number of fused-ring (bicyclic) bond motifs is 1. The molecule has 0 aliphatic carbocycles. The molecule has 0 radical (unpaired) electrons. The highest BCUT2D eigenvalue weighted by atomic mass is 16.5. The lowest BCUT2D eigenvalue weighted by molar-refractivity contribution is -0.132. The molecular weight excluding hydrogens is 430 g/mol. The van der Waals surface area contributed by atoms with Crippen LogP contribution in [0.5, 0.6) is 11.5 Å². The highest BCUT2D eigenvalue weighted by Gasteiger charge is 2.47. The lowest BCUT2D eigenvalue weighted by atomic mass is 9.94. The molecule has 2 N–H and O–H groups in total. The summed E-state index contributed by atoms with van der Waals surface area (Å²) < 4.78 is 5.76. The van der Waals surface area contributed by atoms with Crippen LogP contribution >= 0.6 is 0 Å². The summed E-state index contributed by atoms with van der Waals surface area (Å²) in [5.74, 6) is -0.852. The molecule has 6 nitrogen and oxygen atoms in total. The Labute approximate surface area is 197 Å².